The fourth-order valence-corrected chi connectivity index (χ4v) is 3.13. The average molecular weight is 389 g/mol. The third-order valence-electron chi connectivity index (χ3n) is 4.20. The first-order valence-electron chi connectivity index (χ1n) is 8.36. The summed E-state index contributed by atoms with van der Waals surface area (Å²) in [5, 5.41) is 6.22. The molecule has 1 saturated carbocycles. The normalized spacial score (nSPS) is 15.5. The molecule has 5 nitrogen and oxygen atoms in total. The maximum Gasteiger partial charge on any atom is 0.254 e. The molecule has 1 amide bonds. The second-order valence-corrected chi connectivity index (χ2v) is 7.00. The van der Waals surface area contributed by atoms with E-state index in [1.807, 2.05) is 24.3 Å². The van der Waals surface area contributed by atoms with Crippen molar-refractivity contribution in [3.63, 3.8) is 0 Å². The van der Waals surface area contributed by atoms with Gasteiger partial charge in [0, 0.05) is 28.6 Å². The standard InChI is InChI=1S/C18H21BrN4O/c19-14-7-9-16(10-8-14)23-18-20-11-13(12-21-18)17(24)22-15-5-3-1-2-4-6-15/h7-12,15H,1-6H2,(H,22,24)(H,20,21,23). The van der Waals surface area contributed by atoms with Gasteiger partial charge in [-0.2, -0.15) is 0 Å². The van der Waals surface area contributed by atoms with Gasteiger partial charge in [-0.25, -0.2) is 9.97 Å². The molecule has 1 aliphatic rings. The SMILES string of the molecule is O=C(NC1CCCCCC1)c1cnc(Nc2ccc(Br)cc2)nc1. The lowest BCUT2D eigenvalue weighted by molar-refractivity contribution is 0.0932. The Kier molecular flexibility index (Phi) is 5.80. The number of aromatic nitrogens is 2. The molecule has 24 heavy (non-hydrogen) atoms. The minimum absolute atomic E-state index is 0.0860. The Hall–Kier alpha value is -1.95. The first kappa shape index (κ1) is 16.9. The van der Waals surface area contributed by atoms with Gasteiger partial charge in [0.15, 0.2) is 0 Å². The molecule has 1 aromatic heterocycles. The number of nitrogens with zero attached hydrogens (tertiary/aromatic N) is 2. The topological polar surface area (TPSA) is 66.9 Å². The summed E-state index contributed by atoms with van der Waals surface area (Å²) in [6.07, 6.45) is 10.2. The number of carbonyl (C=O) groups excluding carboxylic acids is 1. The van der Waals surface area contributed by atoms with E-state index in [0.29, 0.717) is 11.5 Å². The summed E-state index contributed by atoms with van der Waals surface area (Å²) >= 11 is 3.40. The molecule has 1 aromatic carbocycles. The fourth-order valence-electron chi connectivity index (χ4n) is 2.86. The van der Waals surface area contributed by atoms with Crippen molar-refractivity contribution in [1.82, 2.24) is 15.3 Å². The van der Waals surface area contributed by atoms with E-state index in [0.717, 1.165) is 23.0 Å². The molecule has 0 radical (unpaired) electrons. The van der Waals surface area contributed by atoms with Crippen molar-refractivity contribution in [3.8, 4) is 0 Å². The lowest BCUT2D eigenvalue weighted by Crippen LogP contribution is -2.34. The Bertz CT molecular complexity index is 664. The van der Waals surface area contributed by atoms with Crippen LogP contribution in [0.1, 0.15) is 48.9 Å². The van der Waals surface area contributed by atoms with Crippen LogP contribution in [0, 0.1) is 0 Å². The van der Waals surface area contributed by atoms with Crippen LogP contribution in [0.2, 0.25) is 0 Å². The van der Waals surface area contributed by atoms with E-state index in [1.54, 1.807) is 12.4 Å². The zero-order valence-electron chi connectivity index (χ0n) is 13.5. The van der Waals surface area contributed by atoms with Crippen LogP contribution >= 0.6 is 15.9 Å². The van der Waals surface area contributed by atoms with Gasteiger partial charge in [-0.3, -0.25) is 4.79 Å². The van der Waals surface area contributed by atoms with Gasteiger partial charge < -0.3 is 10.6 Å². The number of amides is 1. The first-order chi connectivity index (χ1) is 11.7. The van der Waals surface area contributed by atoms with Crippen molar-refractivity contribution in [2.45, 2.75) is 44.6 Å². The summed E-state index contributed by atoms with van der Waals surface area (Å²) in [4.78, 5) is 20.8. The summed E-state index contributed by atoms with van der Waals surface area (Å²) < 4.78 is 1.01. The van der Waals surface area contributed by atoms with E-state index in [1.165, 1.54) is 25.7 Å². The van der Waals surface area contributed by atoms with E-state index in [2.05, 4.69) is 36.5 Å². The van der Waals surface area contributed by atoms with E-state index < -0.39 is 0 Å². The molecule has 2 aromatic rings. The maximum absolute atomic E-state index is 12.3. The maximum atomic E-state index is 12.3. The van der Waals surface area contributed by atoms with Crippen LogP contribution in [-0.2, 0) is 0 Å². The molecule has 2 N–H and O–H groups in total. The van der Waals surface area contributed by atoms with E-state index in [-0.39, 0.29) is 11.9 Å². The third kappa shape index (κ3) is 4.77. The molecule has 1 aliphatic carbocycles. The van der Waals surface area contributed by atoms with Crippen molar-refractivity contribution in [3.05, 3.63) is 46.7 Å². The number of nitrogens with one attached hydrogen (secondary N) is 2. The van der Waals surface area contributed by atoms with Gasteiger partial charge in [-0.15, -0.1) is 0 Å². The summed E-state index contributed by atoms with van der Waals surface area (Å²) in [6, 6.07) is 8.02. The van der Waals surface area contributed by atoms with Crippen molar-refractivity contribution in [2.24, 2.45) is 0 Å². The zero-order valence-corrected chi connectivity index (χ0v) is 15.1. The molecule has 1 fully saturated rings. The van der Waals surface area contributed by atoms with Gasteiger partial charge in [0.25, 0.3) is 5.91 Å². The summed E-state index contributed by atoms with van der Waals surface area (Å²) in [5.41, 5.74) is 1.40. The zero-order chi connectivity index (χ0) is 16.8. The van der Waals surface area contributed by atoms with Gasteiger partial charge in [0.2, 0.25) is 5.95 Å². The van der Waals surface area contributed by atoms with Crippen LogP contribution in [0.3, 0.4) is 0 Å². The second-order valence-electron chi connectivity index (χ2n) is 6.09. The fraction of sp³-hybridized carbons (Fsp3) is 0.389. The molecule has 0 saturated heterocycles. The van der Waals surface area contributed by atoms with E-state index >= 15 is 0 Å². The highest BCUT2D eigenvalue weighted by Crippen LogP contribution is 2.18. The molecule has 0 spiro atoms. The minimum atomic E-state index is -0.0860. The van der Waals surface area contributed by atoms with Crippen molar-refractivity contribution >= 4 is 33.5 Å². The monoisotopic (exact) mass is 388 g/mol. The summed E-state index contributed by atoms with van der Waals surface area (Å²) in [5.74, 6) is 0.389. The Morgan fingerprint density at radius 3 is 2.25 bits per heavy atom. The van der Waals surface area contributed by atoms with Gasteiger partial charge in [-0.05, 0) is 37.1 Å². The predicted octanol–water partition coefficient (Wildman–Crippen LogP) is 4.44. The molecular weight excluding hydrogens is 368 g/mol. The number of benzene rings is 1. The Morgan fingerprint density at radius 2 is 1.62 bits per heavy atom. The summed E-state index contributed by atoms with van der Waals surface area (Å²) in [6.45, 7) is 0. The molecule has 0 atom stereocenters. The molecule has 3 rings (SSSR count). The van der Waals surface area contributed by atoms with Crippen molar-refractivity contribution in [2.75, 3.05) is 5.32 Å². The average Bonchev–Trinajstić information content (AvgIpc) is 2.86. The molecule has 1 heterocycles. The van der Waals surface area contributed by atoms with Crippen molar-refractivity contribution < 1.29 is 4.79 Å². The van der Waals surface area contributed by atoms with E-state index in [9.17, 15) is 4.79 Å². The Labute approximate surface area is 150 Å². The van der Waals surface area contributed by atoms with Crippen molar-refractivity contribution in [1.29, 1.82) is 0 Å². The van der Waals surface area contributed by atoms with Crippen LogP contribution in [0.4, 0.5) is 11.6 Å². The lowest BCUT2D eigenvalue weighted by atomic mass is 10.1. The number of hydrogen-bond donors (Lipinski definition) is 2. The van der Waals surface area contributed by atoms with Crippen LogP contribution in [0.5, 0.6) is 0 Å². The molecule has 0 unspecified atom stereocenters. The van der Waals surface area contributed by atoms with Gasteiger partial charge in [0.05, 0.1) is 5.56 Å². The van der Waals surface area contributed by atoms with Gasteiger partial charge in [-0.1, -0.05) is 41.6 Å². The number of rotatable bonds is 4. The molecule has 0 bridgehead atoms. The van der Waals surface area contributed by atoms with Gasteiger partial charge >= 0.3 is 0 Å². The number of carbonyl (C=O) groups is 1. The van der Waals surface area contributed by atoms with Crippen LogP contribution in [-0.4, -0.2) is 21.9 Å². The molecule has 0 aliphatic heterocycles. The van der Waals surface area contributed by atoms with Crippen LogP contribution in [0.15, 0.2) is 41.1 Å². The smallest absolute Gasteiger partial charge is 0.254 e. The largest absolute Gasteiger partial charge is 0.349 e. The van der Waals surface area contributed by atoms with Crippen LogP contribution in [0.25, 0.3) is 0 Å². The highest BCUT2D eigenvalue weighted by atomic mass is 79.9. The molecular formula is C18H21BrN4O. The van der Waals surface area contributed by atoms with Crippen LogP contribution < -0.4 is 10.6 Å². The van der Waals surface area contributed by atoms with Gasteiger partial charge in [0.1, 0.15) is 0 Å². The predicted molar refractivity (Wildman–Crippen MR) is 98.4 cm³/mol. The summed E-state index contributed by atoms with van der Waals surface area (Å²) in [7, 11) is 0. The Morgan fingerprint density at radius 1 is 1.00 bits per heavy atom. The minimum Gasteiger partial charge on any atom is -0.349 e. The quantitative estimate of drug-likeness (QED) is 0.759. The second kappa shape index (κ2) is 8.24. The highest BCUT2D eigenvalue weighted by Gasteiger charge is 2.16. The first-order valence-corrected chi connectivity index (χ1v) is 9.15. The molecule has 126 valence electrons. The number of halogens is 1. The third-order valence-corrected chi connectivity index (χ3v) is 4.73. The van der Waals surface area contributed by atoms with E-state index in [4.69, 9.17) is 0 Å². The Balaban J connectivity index is 1.58. The number of hydrogen-bond acceptors (Lipinski definition) is 4. The molecule has 6 heteroatoms. The highest BCUT2D eigenvalue weighted by molar-refractivity contribution is 9.10. The number of anilines is 2. The lowest BCUT2D eigenvalue weighted by Gasteiger charge is -2.16.